The SMILES string of the molecule is CC1(C)C(/C=C/C=C/C=C/C=C2/N(CCCCS(=O)(=O)O)c3ccc(S(=O)(=O)O)cc3C2(C)C)=[N+](CCCCS(=O)(=O)O)c2ccccc21. The number of hydrogen-bond acceptors (Lipinski definition) is 7. The van der Waals surface area contributed by atoms with Crippen LogP contribution in [0.2, 0.25) is 0 Å². The maximum absolute atomic E-state index is 11.9. The van der Waals surface area contributed by atoms with E-state index in [1.807, 2.05) is 73.4 Å². The lowest BCUT2D eigenvalue weighted by molar-refractivity contribution is -0.438. The molecule has 11 nitrogen and oxygen atoms in total. The van der Waals surface area contributed by atoms with Crippen LogP contribution in [0.4, 0.5) is 11.4 Å². The molecule has 2 aliphatic rings. The average Bonchev–Trinajstić information content (AvgIpc) is 3.34. The van der Waals surface area contributed by atoms with Crippen molar-refractivity contribution < 1.29 is 43.5 Å². The molecule has 0 aliphatic carbocycles. The van der Waals surface area contributed by atoms with Crippen LogP contribution in [0.5, 0.6) is 0 Å². The van der Waals surface area contributed by atoms with Crippen molar-refractivity contribution >= 4 is 47.4 Å². The molecule has 2 aromatic rings. The van der Waals surface area contributed by atoms with Gasteiger partial charge in [-0.2, -0.15) is 29.8 Å². The van der Waals surface area contributed by atoms with Crippen molar-refractivity contribution in [3.05, 3.63) is 102 Å². The fourth-order valence-corrected chi connectivity index (χ4v) is 8.18. The third-order valence-corrected chi connectivity index (χ3v) is 11.4. The minimum Gasteiger partial charge on any atom is -0.344 e. The van der Waals surface area contributed by atoms with Crippen molar-refractivity contribution in [2.24, 2.45) is 0 Å². The van der Waals surface area contributed by atoms with E-state index in [0.717, 1.165) is 22.8 Å². The molecule has 266 valence electrons. The van der Waals surface area contributed by atoms with E-state index in [2.05, 4.69) is 30.6 Å². The normalized spacial score (nSPS) is 18.4. The van der Waals surface area contributed by atoms with Crippen molar-refractivity contribution in [1.29, 1.82) is 0 Å². The second kappa shape index (κ2) is 14.8. The van der Waals surface area contributed by atoms with Crippen LogP contribution in [0.1, 0.15) is 64.5 Å². The standard InChI is InChI=1S/C35H44N2O9S3/c1-34(2)28-16-10-11-17-30(28)36(22-12-14-24-47(38,39)40)32(34)18-8-6-5-7-9-19-33-35(3,4)29-26-27(49(44,45)46)20-21-31(29)37(33)23-13-15-25-48(41,42)43/h5-11,16-21,26H,12-15,22-25H2,1-4H3,(H2-,38,39,40,41,42,43,44,45,46)/p+1. The molecule has 3 N–H and O–H groups in total. The average molecular weight is 734 g/mol. The molecule has 0 radical (unpaired) electrons. The van der Waals surface area contributed by atoms with Crippen molar-refractivity contribution in [3.8, 4) is 0 Å². The van der Waals surface area contributed by atoms with E-state index in [0.29, 0.717) is 37.9 Å². The van der Waals surface area contributed by atoms with Crippen LogP contribution in [-0.2, 0) is 41.2 Å². The van der Waals surface area contributed by atoms with E-state index >= 15 is 0 Å². The first-order valence-electron chi connectivity index (χ1n) is 16.0. The van der Waals surface area contributed by atoms with E-state index in [4.69, 9.17) is 9.11 Å². The molecular formula is C35H45N2O9S3+. The van der Waals surface area contributed by atoms with Gasteiger partial charge in [0.05, 0.1) is 21.8 Å². The summed E-state index contributed by atoms with van der Waals surface area (Å²) in [4.78, 5) is 1.79. The molecule has 2 aliphatic heterocycles. The van der Waals surface area contributed by atoms with Gasteiger partial charge in [0.15, 0.2) is 5.71 Å². The molecule has 0 amide bonds. The summed E-state index contributed by atoms with van der Waals surface area (Å²) in [5, 5.41) is 0. The fraction of sp³-hybridized carbons (Fsp3) is 0.400. The zero-order valence-corrected chi connectivity index (χ0v) is 30.6. The predicted octanol–water partition coefficient (Wildman–Crippen LogP) is 6.00. The Morgan fingerprint density at radius 3 is 1.98 bits per heavy atom. The van der Waals surface area contributed by atoms with Gasteiger partial charge >= 0.3 is 0 Å². The number of benzene rings is 2. The van der Waals surface area contributed by atoms with Crippen LogP contribution in [0.25, 0.3) is 0 Å². The Morgan fingerprint density at radius 1 is 0.714 bits per heavy atom. The van der Waals surface area contributed by atoms with Crippen molar-refractivity contribution in [2.45, 2.75) is 69.1 Å². The van der Waals surface area contributed by atoms with Gasteiger partial charge in [-0.05, 0) is 62.9 Å². The molecule has 0 aromatic heterocycles. The fourth-order valence-electron chi connectivity index (χ4n) is 6.53. The molecule has 14 heteroatoms. The highest BCUT2D eigenvalue weighted by molar-refractivity contribution is 7.86. The van der Waals surface area contributed by atoms with Gasteiger partial charge in [0.25, 0.3) is 30.4 Å². The largest absolute Gasteiger partial charge is 0.344 e. The van der Waals surface area contributed by atoms with Gasteiger partial charge in [0.1, 0.15) is 6.54 Å². The van der Waals surface area contributed by atoms with Gasteiger partial charge in [0, 0.05) is 47.5 Å². The molecule has 0 spiro atoms. The summed E-state index contributed by atoms with van der Waals surface area (Å²) in [6.07, 6.45) is 15.1. The zero-order valence-electron chi connectivity index (χ0n) is 28.2. The number of para-hydroxylation sites is 1. The molecule has 0 saturated heterocycles. The first-order valence-corrected chi connectivity index (χ1v) is 20.7. The van der Waals surface area contributed by atoms with Crippen LogP contribution in [-0.4, -0.2) is 73.8 Å². The van der Waals surface area contributed by atoms with Crippen molar-refractivity contribution in [2.75, 3.05) is 29.5 Å². The molecule has 0 bridgehead atoms. The molecule has 2 heterocycles. The van der Waals surface area contributed by atoms with Gasteiger partial charge in [0.2, 0.25) is 5.69 Å². The number of fused-ring (bicyclic) bond motifs is 2. The number of hydrogen-bond donors (Lipinski definition) is 3. The van der Waals surface area contributed by atoms with E-state index in [-0.39, 0.29) is 28.2 Å². The van der Waals surface area contributed by atoms with Gasteiger partial charge in [-0.25, -0.2) is 0 Å². The molecular weight excluding hydrogens is 689 g/mol. The summed E-state index contributed by atoms with van der Waals surface area (Å²) in [6, 6.07) is 12.6. The lowest BCUT2D eigenvalue weighted by Gasteiger charge is -2.27. The van der Waals surface area contributed by atoms with Crippen LogP contribution < -0.4 is 4.90 Å². The van der Waals surface area contributed by atoms with Gasteiger partial charge < -0.3 is 4.90 Å². The highest BCUT2D eigenvalue weighted by Gasteiger charge is 2.44. The Bertz CT molecular complexity index is 2060. The molecule has 4 rings (SSSR count). The number of anilines is 1. The number of rotatable bonds is 15. The minimum atomic E-state index is -4.42. The summed E-state index contributed by atoms with van der Waals surface area (Å²) in [5.41, 5.74) is 4.69. The summed E-state index contributed by atoms with van der Waals surface area (Å²) in [7, 11) is -12.5. The Kier molecular flexibility index (Phi) is 11.6. The van der Waals surface area contributed by atoms with E-state index in [9.17, 15) is 29.8 Å². The van der Waals surface area contributed by atoms with Gasteiger partial charge in [-0.15, -0.1) is 0 Å². The lowest BCUT2D eigenvalue weighted by Crippen LogP contribution is -2.28. The molecule has 2 aromatic carbocycles. The Labute approximate surface area is 290 Å². The second-order valence-electron chi connectivity index (χ2n) is 13.3. The quantitative estimate of drug-likeness (QED) is 0.0855. The number of allylic oxidation sites excluding steroid dienone is 8. The predicted molar refractivity (Wildman–Crippen MR) is 193 cm³/mol. The maximum atomic E-state index is 11.9. The molecule has 49 heavy (non-hydrogen) atoms. The molecule has 0 fully saturated rings. The Hall–Kier alpha value is -3.40. The topological polar surface area (TPSA) is 169 Å². The van der Waals surface area contributed by atoms with Crippen LogP contribution in [0.3, 0.4) is 0 Å². The number of nitrogens with zero attached hydrogens (tertiary/aromatic N) is 2. The van der Waals surface area contributed by atoms with Gasteiger partial charge in [-0.1, -0.05) is 62.4 Å². The molecule has 0 saturated carbocycles. The number of unbranched alkanes of at least 4 members (excludes halogenated alkanes) is 2. The smallest absolute Gasteiger partial charge is 0.294 e. The molecule has 0 atom stereocenters. The van der Waals surface area contributed by atoms with Crippen LogP contribution in [0, 0.1) is 0 Å². The summed E-state index contributed by atoms with van der Waals surface area (Å²) >= 11 is 0. The second-order valence-corrected chi connectivity index (χ2v) is 17.8. The lowest BCUT2D eigenvalue weighted by atomic mass is 9.81. The monoisotopic (exact) mass is 733 g/mol. The summed E-state index contributed by atoms with van der Waals surface area (Å²) in [5.74, 6) is -0.632. The first-order chi connectivity index (χ1) is 22.7. The Balaban J connectivity index is 1.55. The van der Waals surface area contributed by atoms with E-state index in [1.54, 1.807) is 6.07 Å². The van der Waals surface area contributed by atoms with Crippen molar-refractivity contribution in [3.63, 3.8) is 0 Å². The third-order valence-electron chi connectivity index (χ3n) is 8.98. The Morgan fingerprint density at radius 2 is 1.33 bits per heavy atom. The summed E-state index contributed by atoms with van der Waals surface area (Å²) < 4.78 is 98.7. The summed E-state index contributed by atoms with van der Waals surface area (Å²) in [6.45, 7) is 9.22. The highest BCUT2D eigenvalue weighted by atomic mass is 32.2. The van der Waals surface area contributed by atoms with E-state index < -0.39 is 35.8 Å². The van der Waals surface area contributed by atoms with Gasteiger partial charge in [-0.3, -0.25) is 13.7 Å². The minimum absolute atomic E-state index is 0.208. The van der Waals surface area contributed by atoms with Crippen LogP contribution >= 0.6 is 0 Å². The van der Waals surface area contributed by atoms with E-state index in [1.165, 1.54) is 17.7 Å². The third kappa shape index (κ3) is 9.44. The molecule has 0 unspecified atom stereocenters. The maximum Gasteiger partial charge on any atom is 0.294 e. The first kappa shape index (κ1) is 38.4. The van der Waals surface area contributed by atoms with Crippen LogP contribution in [0.15, 0.2) is 95.6 Å². The highest BCUT2D eigenvalue weighted by Crippen LogP contribution is 2.48. The zero-order chi connectivity index (χ0) is 36.3. The van der Waals surface area contributed by atoms with Crippen molar-refractivity contribution in [1.82, 2.24) is 0 Å².